The molecule has 0 atom stereocenters. The van der Waals surface area contributed by atoms with Gasteiger partial charge in [0.25, 0.3) is 0 Å². The van der Waals surface area contributed by atoms with Crippen molar-refractivity contribution in [2.45, 2.75) is 13.3 Å². The number of rotatable bonds is 3. The molecular weight excluding hydrogens is 222 g/mol. The summed E-state index contributed by atoms with van der Waals surface area (Å²) in [6.07, 6.45) is 0.786. The molecule has 1 heterocycles. The third-order valence-corrected chi connectivity index (χ3v) is 2.84. The van der Waals surface area contributed by atoms with Crippen LogP contribution >= 0.6 is 11.6 Å². The van der Waals surface area contributed by atoms with Gasteiger partial charge in [0, 0.05) is 26.4 Å². The highest BCUT2D eigenvalue weighted by atomic mass is 35.5. The van der Waals surface area contributed by atoms with Crippen molar-refractivity contribution in [1.82, 2.24) is 9.66 Å². The van der Waals surface area contributed by atoms with E-state index in [1.54, 1.807) is 0 Å². The van der Waals surface area contributed by atoms with Gasteiger partial charge in [0.1, 0.15) is 5.82 Å². The van der Waals surface area contributed by atoms with Gasteiger partial charge in [0.15, 0.2) is 0 Å². The zero-order valence-corrected chi connectivity index (χ0v) is 10.6. The van der Waals surface area contributed by atoms with Crippen LogP contribution in [0.15, 0.2) is 18.2 Å². The average molecular weight is 238 g/mol. The number of alkyl halides is 1. The Bertz CT molecular complexity index is 502. The van der Waals surface area contributed by atoms with Crippen LogP contribution in [0, 0.1) is 6.92 Å². The summed E-state index contributed by atoms with van der Waals surface area (Å²) in [5, 5.41) is 2.04. The van der Waals surface area contributed by atoms with Crippen LogP contribution < -0.4 is 5.01 Å². The minimum atomic E-state index is 0.593. The van der Waals surface area contributed by atoms with Crippen LogP contribution in [0.2, 0.25) is 0 Å². The Labute approximate surface area is 101 Å². The molecule has 0 bridgehead atoms. The van der Waals surface area contributed by atoms with Crippen molar-refractivity contribution in [2.24, 2.45) is 0 Å². The van der Waals surface area contributed by atoms with Crippen molar-refractivity contribution in [3.05, 3.63) is 29.6 Å². The number of para-hydroxylation sites is 1. The Balaban J connectivity index is 2.70. The Kier molecular flexibility index (Phi) is 3.06. The number of benzene rings is 1. The number of fused-ring (bicyclic) bond motifs is 1. The molecule has 2 aromatic rings. The maximum absolute atomic E-state index is 5.81. The first-order valence-electron chi connectivity index (χ1n) is 5.35. The lowest BCUT2D eigenvalue weighted by molar-refractivity contribution is 0.703. The van der Waals surface area contributed by atoms with E-state index in [1.807, 2.05) is 19.1 Å². The molecule has 1 aromatic carbocycles. The third-order valence-electron chi connectivity index (χ3n) is 2.65. The van der Waals surface area contributed by atoms with E-state index in [9.17, 15) is 0 Å². The predicted molar refractivity (Wildman–Crippen MR) is 69.0 cm³/mol. The lowest BCUT2D eigenvalue weighted by Crippen LogP contribution is -2.26. The maximum Gasteiger partial charge on any atom is 0.130 e. The molecule has 0 fully saturated rings. The molecule has 0 saturated carbocycles. The van der Waals surface area contributed by atoms with Gasteiger partial charge in [-0.1, -0.05) is 12.1 Å². The summed E-state index contributed by atoms with van der Waals surface area (Å²) < 4.78 is 2.12. The molecule has 2 rings (SSSR count). The second-order valence-electron chi connectivity index (χ2n) is 4.07. The van der Waals surface area contributed by atoms with Crippen LogP contribution in [0.3, 0.4) is 0 Å². The minimum absolute atomic E-state index is 0.593. The van der Waals surface area contributed by atoms with Crippen molar-refractivity contribution in [3.8, 4) is 0 Å². The largest absolute Gasteiger partial charge is 0.317 e. The number of aromatic nitrogens is 2. The summed E-state index contributed by atoms with van der Waals surface area (Å²) in [5.74, 6) is 1.61. The molecule has 0 amide bonds. The number of halogens is 1. The Morgan fingerprint density at radius 1 is 1.38 bits per heavy atom. The van der Waals surface area contributed by atoms with E-state index in [0.717, 1.165) is 23.3 Å². The van der Waals surface area contributed by atoms with E-state index >= 15 is 0 Å². The first-order chi connectivity index (χ1) is 7.65. The van der Waals surface area contributed by atoms with Gasteiger partial charge in [-0.2, -0.15) is 0 Å². The van der Waals surface area contributed by atoms with Crippen molar-refractivity contribution >= 4 is 22.6 Å². The molecule has 0 unspecified atom stereocenters. The fraction of sp³-hybridized carbons (Fsp3) is 0.417. The van der Waals surface area contributed by atoms with Gasteiger partial charge in [0.2, 0.25) is 0 Å². The molecule has 0 N–H and O–H groups in total. The topological polar surface area (TPSA) is 21.1 Å². The van der Waals surface area contributed by atoms with Crippen LogP contribution in [-0.4, -0.2) is 29.6 Å². The van der Waals surface area contributed by atoms with Gasteiger partial charge in [-0.05, 0) is 18.6 Å². The summed E-state index contributed by atoms with van der Waals surface area (Å²) in [4.78, 5) is 4.66. The van der Waals surface area contributed by atoms with Gasteiger partial charge in [-0.25, -0.2) is 9.66 Å². The first-order valence-corrected chi connectivity index (χ1v) is 5.89. The van der Waals surface area contributed by atoms with Crippen molar-refractivity contribution in [2.75, 3.05) is 25.0 Å². The number of hydrogen-bond acceptors (Lipinski definition) is 2. The van der Waals surface area contributed by atoms with E-state index in [4.69, 9.17) is 11.6 Å². The van der Waals surface area contributed by atoms with E-state index in [-0.39, 0.29) is 0 Å². The van der Waals surface area contributed by atoms with E-state index in [0.29, 0.717) is 5.88 Å². The highest BCUT2D eigenvalue weighted by molar-refractivity contribution is 6.17. The Morgan fingerprint density at radius 2 is 2.12 bits per heavy atom. The molecule has 3 nitrogen and oxygen atoms in total. The van der Waals surface area contributed by atoms with Gasteiger partial charge >= 0.3 is 0 Å². The molecule has 0 radical (unpaired) electrons. The van der Waals surface area contributed by atoms with Crippen LogP contribution in [0.25, 0.3) is 11.0 Å². The van der Waals surface area contributed by atoms with Crippen molar-refractivity contribution in [3.63, 3.8) is 0 Å². The monoisotopic (exact) mass is 237 g/mol. The quantitative estimate of drug-likeness (QED) is 0.764. The second-order valence-corrected chi connectivity index (χ2v) is 4.45. The molecule has 0 aliphatic heterocycles. The lowest BCUT2D eigenvalue weighted by Gasteiger charge is -2.17. The van der Waals surface area contributed by atoms with E-state index in [1.165, 1.54) is 5.56 Å². The summed E-state index contributed by atoms with van der Waals surface area (Å²) in [7, 11) is 4.03. The smallest absolute Gasteiger partial charge is 0.130 e. The van der Waals surface area contributed by atoms with Crippen LogP contribution in [-0.2, 0) is 6.42 Å². The SMILES string of the molecule is Cc1cccc2c1nc(CCCl)n2N(C)C. The lowest BCUT2D eigenvalue weighted by atomic mass is 10.2. The number of nitrogens with zero attached hydrogens (tertiary/aromatic N) is 3. The molecule has 1 aromatic heterocycles. The first kappa shape index (κ1) is 11.3. The van der Waals surface area contributed by atoms with Gasteiger partial charge in [-0.3, -0.25) is 0 Å². The fourth-order valence-corrected chi connectivity index (χ4v) is 2.14. The summed E-state index contributed by atoms with van der Waals surface area (Å²) in [6, 6.07) is 6.23. The summed E-state index contributed by atoms with van der Waals surface area (Å²) in [6.45, 7) is 2.08. The Hall–Kier alpha value is -1.22. The maximum atomic E-state index is 5.81. The molecule has 0 aliphatic carbocycles. The van der Waals surface area contributed by atoms with E-state index < -0.39 is 0 Å². The number of hydrogen-bond donors (Lipinski definition) is 0. The third kappa shape index (κ3) is 1.76. The van der Waals surface area contributed by atoms with Crippen LogP contribution in [0.4, 0.5) is 0 Å². The average Bonchev–Trinajstić information content (AvgIpc) is 2.58. The van der Waals surface area contributed by atoms with Crippen LogP contribution in [0.1, 0.15) is 11.4 Å². The second kappa shape index (κ2) is 4.34. The van der Waals surface area contributed by atoms with Crippen molar-refractivity contribution < 1.29 is 0 Å². The molecule has 0 spiro atoms. The number of imidazole rings is 1. The molecular formula is C12H16ClN3. The van der Waals surface area contributed by atoms with Crippen LogP contribution in [0.5, 0.6) is 0 Å². The Morgan fingerprint density at radius 3 is 2.75 bits per heavy atom. The molecule has 86 valence electrons. The molecule has 0 saturated heterocycles. The normalized spacial score (nSPS) is 11.0. The van der Waals surface area contributed by atoms with Gasteiger partial charge in [-0.15, -0.1) is 11.6 Å². The zero-order valence-electron chi connectivity index (χ0n) is 9.87. The molecule has 16 heavy (non-hydrogen) atoms. The van der Waals surface area contributed by atoms with Crippen molar-refractivity contribution in [1.29, 1.82) is 0 Å². The van der Waals surface area contributed by atoms with Gasteiger partial charge in [0.05, 0.1) is 11.0 Å². The minimum Gasteiger partial charge on any atom is -0.317 e. The predicted octanol–water partition coefficient (Wildman–Crippen LogP) is 2.32. The summed E-state index contributed by atoms with van der Waals surface area (Å²) >= 11 is 5.81. The molecule has 0 aliphatic rings. The molecule has 4 heteroatoms. The fourth-order valence-electron chi connectivity index (χ4n) is 1.97. The standard InChI is InChI=1S/C12H16ClN3/c1-9-5-4-6-10-12(9)14-11(7-8-13)16(10)15(2)3/h4-6H,7-8H2,1-3H3. The highest BCUT2D eigenvalue weighted by Gasteiger charge is 2.12. The van der Waals surface area contributed by atoms with Gasteiger partial charge < -0.3 is 5.01 Å². The number of aryl methyl sites for hydroxylation is 2. The summed E-state index contributed by atoms with van der Waals surface area (Å²) in [5.41, 5.74) is 3.41. The highest BCUT2D eigenvalue weighted by Crippen LogP contribution is 2.19. The zero-order chi connectivity index (χ0) is 11.7. The van der Waals surface area contributed by atoms with E-state index in [2.05, 4.69) is 34.8 Å².